The van der Waals surface area contributed by atoms with Gasteiger partial charge in [-0.2, -0.15) is 0 Å². The van der Waals surface area contributed by atoms with E-state index in [4.69, 9.17) is 4.74 Å². The summed E-state index contributed by atoms with van der Waals surface area (Å²) in [5, 5.41) is 3.29. The van der Waals surface area contributed by atoms with Gasteiger partial charge >= 0.3 is 0 Å². The molecule has 3 atom stereocenters. The smallest absolute Gasteiger partial charge is 0.0955 e. The van der Waals surface area contributed by atoms with Crippen LogP contribution in [0.25, 0.3) is 0 Å². The van der Waals surface area contributed by atoms with Crippen LogP contribution in [0, 0.1) is 18.3 Å². The number of rotatable bonds is 5. The number of benzene rings is 1. The van der Waals surface area contributed by atoms with Crippen molar-refractivity contribution in [2.75, 3.05) is 13.6 Å². The Labute approximate surface area is 130 Å². The zero-order chi connectivity index (χ0) is 15.5. The van der Waals surface area contributed by atoms with Crippen molar-refractivity contribution in [3.8, 4) is 0 Å². The van der Waals surface area contributed by atoms with Crippen molar-refractivity contribution in [3.63, 3.8) is 0 Å². The molecule has 1 aromatic rings. The van der Waals surface area contributed by atoms with E-state index in [0.29, 0.717) is 11.5 Å². The largest absolute Gasteiger partial charge is 0.369 e. The number of hydrogen-bond acceptors (Lipinski definition) is 2. The summed E-state index contributed by atoms with van der Waals surface area (Å²) in [5.41, 5.74) is 3.04. The number of hydrogen-bond donors (Lipinski definition) is 1. The highest BCUT2D eigenvalue weighted by Crippen LogP contribution is 2.41. The third-order valence-electron chi connectivity index (χ3n) is 4.63. The monoisotopic (exact) mass is 289 g/mol. The molecule has 0 heterocycles. The minimum atomic E-state index is 0.155. The summed E-state index contributed by atoms with van der Waals surface area (Å²) in [4.78, 5) is 0. The second-order valence-corrected chi connectivity index (χ2v) is 7.57. The van der Waals surface area contributed by atoms with Gasteiger partial charge in [0, 0.05) is 6.54 Å². The van der Waals surface area contributed by atoms with E-state index in [2.05, 4.69) is 57.3 Å². The minimum Gasteiger partial charge on any atom is -0.369 e. The van der Waals surface area contributed by atoms with Gasteiger partial charge in [-0.3, -0.25) is 0 Å². The molecular weight excluding hydrogens is 258 g/mol. The van der Waals surface area contributed by atoms with Gasteiger partial charge in [0.2, 0.25) is 0 Å². The van der Waals surface area contributed by atoms with E-state index in [1.165, 1.54) is 30.4 Å². The first-order valence-electron chi connectivity index (χ1n) is 8.27. The Morgan fingerprint density at radius 1 is 1.29 bits per heavy atom. The van der Waals surface area contributed by atoms with Crippen LogP contribution in [0.4, 0.5) is 0 Å². The Balaban J connectivity index is 2.11. The first-order valence-corrected chi connectivity index (χ1v) is 8.27. The van der Waals surface area contributed by atoms with Crippen LogP contribution in [0.15, 0.2) is 24.3 Å². The molecule has 3 unspecified atom stereocenters. The van der Waals surface area contributed by atoms with Crippen LogP contribution >= 0.6 is 0 Å². The molecule has 1 saturated carbocycles. The molecule has 0 aromatic heterocycles. The van der Waals surface area contributed by atoms with Gasteiger partial charge in [0.25, 0.3) is 0 Å². The summed E-state index contributed by atoms with van der Waals surface area (Å²) in [7, 11) is 2.00. The lowest BCUT2D eigenvalue weighted by molar-refractivity contribution is -0.0658. The molecule has 1 aliphatic rings. The van der Waals surface area contributed by atoms with Gasteiger partial charge in [0.05, 0.1) is 12.2 Å². The summed E-state index contributed by atoms with van der Waals surface area (Å²) in [6.07, 6.45) is 4.20. The summed E-state index contributed by atoms with van der Waals surface area (Å²) in [6, 6.07) is 8.59. The van der Waals surface area contributed by atoms with Crippen molar-refractivity contribution in [2.45, 2.75) is 59.2 Å². The van der Waals surface area contributed by atoms with Crippen LogP contribution in [0.1, 0.15) is 57.3 Å². The zero-order valence-corrected chi connectivity index (χ0v) is 14.3. The molecular formula is C19H31NO. The fourth-order valence-electron chi connectivity index (χ4n) is 3.96. The van der Waals surface area contributed by atoms with E-state index < -0.39 is 0 Å². The summed E-state index contributed by atoms with van der Waals surface area (Å²) in [5.74, 6) is 0.755. The quantitative estimate of drug-likeness (QED) is 0.862. The Kier molecular flexibility index (Phi) is 5.45. The normalized spacial score (nSPS) is 26.5. The second kappa shape index (κ2) is 6.93. The lowest BCUT2D eigenvalue weighted by Gasteiger charge is -2.40. The van der Waals surface area contributed by atoms with E-state index in [1.807, 2.05) is 7.05 Å². The van der Waals surface area contributed by atoms with Gasteiger partial charge in [-0.15, -0.1) is 0 Å². The zero-order valence-electron chi connectivity index (χ0n) is 14.3. The molecule has 0 aliphatic heterocycles. The number of ether oxygens (including phenoxy) is 1. The average molecular weight is 289 g/mol. The fourth-order valence-corrected chi connectivity index (χ4v) is 3.96. The van der Waals surface area contributed by atoms with E-state index in [-0.39, 0.29) is 6.10 Å². The van der Waals surface area contributed by atoms with Crippen LogP contribution in [0.3, 0.4) is 0 Å². The maximum Gasteiger partial charge on any atom is 0.0955 e. The number of nitrogens with one attached hydrogen (secondary N) is 1. The molecule has 118 valence electrons. The lowest BCUT2D eigenvalue weighted by atomic mass is 9.71. The highest BCUT2D eigenvalue weighted by Gasteiger charge is 2.34. The molecule has 1 aromatic carbocycles. The molecule has 1 N–H and O–H groups in total. The summed E-state index contributed by atoms with van der Waals surface area (Å²) >= 11 is 0. The molecule has 2 nitrogen and oxygen atoms in total. The third-order valence-corrected chi connectivity index (χ3v) is 4.63. The third kappa shape index (κ3) is 4.55. The Bertz CT molecular complexity index is 455. The van der Waals surface area contributed by atoms with Crippen molar-refractivity contribution < 1.29 is 4.74 Å². The van der Waals surface area contributed by atoms with Gasteiger partial charge in [0.1, 0.15) is 0 Å². The molecule has 2 rings (SSSR count). The van der Waals surface area contributed by atoms with Crippen molar-refractivity contribution >= 4 is 0 Å². The lowest BCUT2D eigenvalue weighted by Crippen LogP contribution is -2.35. The maximum absolute atomic E-state index is 6.54. The van der Waals surface area contributed by atoms with Gasteiger partial charge in [-0.25, -0.2) is 0 Å². The van der Waals surface area contributed by atoms with Crippen molar-refractivity contribution in [2.24, 2.45) is 11.3 Å². The van der Waals surface area contributed by atoms with Gasteiger partial charge in [0.15, 0.2) is 0 Å². The number of likely N-dealkylation sites (N-methyl/N-ethyl adjacent to an activating group) is 1. The van der Waals surface area contributed by atoms with Gasteiger partial charge < -0.3 is 10.1 Å². The highest BCUT2D eigenvalue weighted by molar-refractivity contribution is 5.28. The average Bonchev–Trinajstić information content (AvgIpc) is 2.36. The van der Waals surface area contributed by atoms with Crippen LogP contribution in [0.2, 0.25) is 0 Å². The molecule has 2 heteroatoms. The predicted octanol–water partition coefficient (Wildman–Crippen LogP) is 4.49. The molecule has 0 saturated heterocycles. The molecule has 0 bridgehead atoms. The first kappa shape index (κ1) is 16.5. The molecule has 0 radical (unpaired) electrons. The van der Waals surface area contributed by atoms with E-state index >= 15 is 0 Å². The van der Waals surface area contributed by atoms with Crippen molar-refractivity contribution in [3.05, 3.63) is 35.4 Å². The standard InChI is InChI=1S/C19H31NO/c1-14-10-16(12-19(3,4)11-14)21-18(13-20-5)17-9-7-6-8-15(17)2/h6-9,14,16,18,20H,10-13H2,1-5H3. The summed E-state index contributed by atoms with van der Waals surface area (Å²) < 4.78 is 6.54. The van der Waals surface area contributed by atoms with Crippen LogP contribution in [-0.2, 0) is 4.74 Å². The SMILES string of the molecule is CNCC(OC1CC(C)CC(C)(C)C1)c1ccccc1C. The highest BCUT2D eigenvalue weighted by atomic mass is 16.5. The fraction of sp³-hybridized carbons (Fsp3) is 0.684. The van der Waals surface area contributed by atoms with Crippen LogP contribution in [0.5, 0.6) is 0 Å². The molecule has 0 spiro atoms. The van der Waals surface area contributed by atoms with Gasteiger partial charge in [-0.1, -0.05) is 45.0 Å². The molecule has 1 fully saturated rings. The van der Waals surface area contributed by atoms with E-state index in [0.717, 1.165) is 12.5 Å². The summed E-state index contributed by atoms with van der Waals surface area (Å²) in [6.45, 7) is 10.2. The van der Waals surface area contributed by atoms with Crippen molar-refractivity contribution in [1.29, 1.82) is 0 Å². The topological polar surface area (TPSA) is 21.3 Å². The first-order chi connectivity index (χ1) is 9.91. The molecule has 21 heavy (non-hydrogen) atoms. The van der Waals surface area contributed by atoms with E-state index in [1.54, 1.807) is 0 Å². The van der Waals surface area contributed by atoms with Crippen LogP contribution in [-0.4, -0.2) is 19.7 Å². The van der Waals surface area contributed by atoms with Gasteiger partial charge in [-0.05, 0) is 55.7 Å². The molecule has 0 amide bonds. The van der Waals surface area contributed by atoms with E-state index in [9.17, 15) is 0 Å². The van der Waals surface area contributed by atoms with Crippen LogP contribution < -0.4 is 5.32 Å². The second-order valence-electron chi connectivity index (χ2n) is 7.57. The van der Waals surface area contributed by atoms with Crippen molar-refractivity contribution in [1.82, 2.24) is 5.32 Å². The Morgan fingerprint density at radius 2 is 2.00 bits per heavy atom. The minimum absolute atomic E-state index is 0.155. The number of aryl methyl sites for hydroxylation is 1. The maximum atomic E-state index is 6.54. The predicted molar refractivity (Wildman–Crippen MR) is 89.5 cm³/mol. The Hall–Kier alpha value is -0.860. The Morgan fingerprint density at radius 3 is 2.62 bits per heavy atom. The molecule has 1 aliphatic carbocycles.